The fourth-order valence-electron chi connectivity index (χ4n) is 3.44. The molecular weight excluding hydrogens is 290 g/mol. The van der Waals surface area contributed by atoms with Crippen molar-refractivity contribution in [2.24, 2.45) is 0 Å². The van der Waals surface area contributed by atoms with E-state index in [1.165, 1.54) is 28.0 Å². The van der Waals surface area contributed by atoms with E-state index in [2.05, 4.69) is 103 Å². The van der Waals surface area contributed by atoms with Crippen LogP contribution in [0.4, 0.5) is 5.69 Å². The molecule has 1 saturated heterocycles. The molecule has 0 N–H and O–H groups in total. The van der Waals surface area contributed by atoms with Crippen molar-refractivity contribution in [1.29, 1.82) is 0 Å². The predicted molar refractivity (Wildman–Crippen MR) is 102 cm³/mol. The van der Waals surface area contributed by atoms with E-state index in [1.807, 2.05) is 0 Å². The van der Waals surface area contributed by atoms with E-state index < -0.39 is 0 Å². The Labute approximate surface area is 143 Å². The summed E-state index contributed by atoms with van der Waals surface area (Å²) >= 11 is 0. The maximum absolute atomic E-state index is 4.41. The largest absolute Gasteiger partial charge is 0.353 e. The third kappa shape index (κ3) is 2.63. The van der Waals surface area contributed by atoms with Gasteiger partial charge in [0.15, 0.2) is 0 Å². The molecule has 1 fully saturated rings. The molecule has 24 heavy (non-hydrogen) atoms. The maximum Gasteiger partial charge on any atom is 0.0795 e. The van der Waals surface area contributed by atoms with E-state index in [0.29, 0.717) is 12.1 Å². The number of nitrogens with zero attached hydrogens (tertiary/aromatic N) is 1. The summed E-state index contributed by atoms with van der Waals surface area (Å²) in [6.07, 6.45) is 0. The summed E-state index contributed by atoms with van der Waals surface area (Å²) in [6, 6.07) is 30.7. The SMILES string of the molecule is C=C(c1ccccc1)C1C(c2ccccc2)N1c1ccc(C)cc1. The van der Waals surface area contributed by atoms with Crippen LogP contribution in [0.1, 0.15) is 22.7 Å². The van der Waals surface area contributed by atoms with Gasteiger partial charge < -0.3 is 4.90 Å². The molecule has 1 heterocycles. The van der Waals surface area contributed by atoms with Gasteiger partial charge in [0.25, 0.3) is 0 Å². The van der Waals surface area contributed by atoms with Crippen molar-refractivity contribution in [2.75, 3.05) is 4.90 Å². The average Bonchev–Trinajstić information content (AvgIpc) is 3.39. The third-order valence-corrected chi connectivity index (χ3v) is 4.78. The van der Waals surface area contributed by atoms with Crippen LogP contribution in [0, 0.1) is 6.92 Å². The van der Waals surface area contributed by atoms with Crippen molar-refractivity contribution in [3.8, 4) is 0 Å². The van der Waals surface area contributed by atoms with Gasteiger partial charge >= 0.3 is 0 Å². The summed E-state index contributed by atoms with van der Waals surface area (Å²) in [5.74, 6) is 0. The Morgan fingerprint density at radius 1 is 0.792 bits per heavy atom. The molecule has 0 amide bonds. The molecule has 1 aliphatic heterocycles. The Morgan fingerprint density at radius 3 is 2.00 bits per heavy atom. The first-order valence-corrected chi connectivity index (χ1v) is 8.40. The van der Waals surface area contributed by atoms with E-state index in [4.69, 9.17) is 0 Å². The van der Waals surface area contributed by atoms with Crippen molar-refractivity contribution in [1.82, 2.24) is 0 Å². The minimum absolute atomic E-state index is 0.317. The highest BCUT2D eigenvalue weighted by Crippen LogP contribution is 2.52. The minimum Gasteiger partial charge on any atom is -0.353 e. The zero-order chi connectivity index (χ0) is 16.5. The molecule has 1 nitrogen and oxygen atoms in total. The van der Waals surface area contributed by atoms with E-state index >= 15 is 0 Å². The van der Waals surface area contributed by atoms with Gasteiger partial charge in [0.1, 0.15) is 0 Å². The highest BCUT2D eigenvalue weighted by Gasteiger charge is 2.50. The Bertz CT molecular complexity index is 834. The van der Waals surface area contributed by atoms with E-state index in [1.54, 1.807) is 0 Å². The zero-order valence-corrected chi connectivity index (χ0v) is 13.9. The van der Waals surface area contributed by atoms with Gasteiger partial charge in [-0.3, -0.25) is 0 Å². The molecule has 118 valence electrons. The predicted octanol–water partition coefficient (Wildman–Crippen LogP) is 5.64. The third-order valence-electron chi connectivity index (χ3n) is 4.78. The molecule has 0 saturated carbocycles. The molecule has 3 aromatic rings. The first-order chi connectivity index (χ1) is 11.8. The van der Waals surface area contributed by atoms with Crippen LogP contribution in [0.5, 0.6) is 0 Å². The molecule has 2 atom stereocenters. The molecule has 1 heteroatoms. The number of rotatable bonds is 4. The van der Waals surface area contributed by atoms with Gasteiger partial charge in [-0.2, -0.15) is 0 Å². The second-order valence-electron chi connectivity index (χ2n) is 6.43. The van der Waals surface area contributed by atoms with Crippen molar-refractivity contribution < 1.29 is 0 Å². The van der Waals surface area contributed by atoms with Gasteiger partial charge in [0.2, 0.25) is 0 Å². The van der Waals surface area contributed by atoms with Gasteiger partial charge in [0.05, 0.1) is 12.1 Å². The Morgan fingerprint density at radius 2 is 1.38 bits per heavy atom. The molecule has 0 aliphatic carbocycles. The van der Waals surface area contributed by atoms with Crippen molar-refractivity contribution in [2.45, 2.75) is 19.0 Å². The highest BCUT2D eigenvalue weighted by molar-refractivity contribution is 5.80. The summed E-state index contributed by atoms with van der Waals surface area (Å²) in [4.78, 5) is 2.46. The number of hydrogen-bond donors (Lipinski definition) is 0. The number of anilines is 1. The fourth-order valence-corrected chi connectivity index (χ4v) is 3.44. The van der Waals surface area contributed by atoms with Crippen LogP contribution in [-0.4, -0.2) is 6.04 Å². The topological polar surface area (TPSA) is 3.01 Å². The summed E-state index contributed by atoms with van der Waals surface area (Å²) in [5, 5.41) is 0. The second-order valence-corrected chi connectivity index (χ2v) is 6.43. The minimum atomic E-state index is 0.317. The monoisotopic (exact) mass is 311 g/mol. The normalized spacial score (nSPS) is 19.1. The first-order valence-electron chi connectivity index (χ1n) is 8.40. The first kappa shape index (κ1) is 14.8. The van der Waals surface area contributed by atoms with Crippen LogP contribution in [0.15, 0.2) is 91.5 Å². The van der Waals surface area contributed by atoms with Crippen LogP contribution in [0.3, 0.4) is 0 Å². The second kappa shape index (κ2) is 6.01. The van der Waals surface area contributed by atoms with Crippen LogP contribution in [0.25, 0.3) is 5.57 Å². The molecule has 0 bridgehead atoms. The molecule has 4 rings (SSSR count). The van der Waals surface area contributed by atoms with Crippen LogP contribution in [-0.2, 0) is 0 Å². The van der Waals surface area contributed by atoms with Crippen LogP contribution in [0.2, 0.25) is 0 Å². The van der Waals surface area contributed by atoms with E-state index in [-0.39, 0.29) is 0 Å². The smallest absolute Gasteiger partial charge is 0.0795 e. The number of hydrogen-bond acceptors (Lipinski definition) is 1. The maximum atomic E-state index is 4.41. The Kier molecular flexibility index (Phi) is 3.70. The lowest BCUT2D eigenvalue weighted by Crippen LogP contribution is -2.01. The quantitative estimate of drug-likeness (QED) is 0.564. The summed E-state index contributed by atoms with van der Waals surface area (Å²) < 4.78 is 0. The van der Waals surface area contributed by atoms with Gasteiger partial charge in [-0.15, -0.1) is 0 Å². The molecule has 0 aromatic heterocycles. The van der Waals surface area contributed by atoms with E-state index in [0.717, 1.165) is 0 Å². The van der Waals surface area contributed by atoms with Crippen LogP contribution >= 0.6 is 0 Å². The zero-order valence-electron chi connectivity index (χ0n) is 13.9. The average molecular weight is 311 g/mol. The Hall–Kier alpha value is -2.80. The summed E-state index contributed by atoms with van der Waals surface area (Å²) in [7, 11) is 0. The van der Waals surface area contributed by atoms with Gasteiger partial charge in [-0.1, -0.05) is 84.9 Å². The molecule has 3 aromatic carbocycles. The van der Waals surface area contributed by atoms with Crippen molar-refractivity contribution in [3.63, 3.8) is 0 Å². The molecule has 0 radical (unpaired) electrons. The lowest BCUT2D eigenvalue weighted by Gasteiger charge is -2.08. The highest BCUT2D eigenvalue weighted by atomic mass is 15.4. The molecule has 1 aliphatic rings. The van der Waals surface area contributed by atoms with Crippen molar-refractivity contribution in [3.05, 3.63) is 108 Å². The number of aryl methyl sites for hydroxylation is 1. The van der Waals surface area contributed by atoms with Gasteiger partial charge in [-0.05, 0) is 35.8 Å². The summed E-state index contributed by atoms with van der Waals surface area (Å²) in [6.45, 7) is 6.54. The van der Waals surface area contributed by atoms with E-state index in [9.17, 15) is 0 Å². The van der Waals surface area contributed by atoms with Crippen molar-refractivity contribution >= 4 is 11.3 Å². The van der Waals surface area contributed by atoms with Gasteiger partial charge in [-0.25, -0.2) is 0 Å². The molecule has 2 unspecified atom stereocenters. The van der Waals surface area contributed by atoms with Gasteiger partial charge in [0, 0.05) is 5.69 Å². The Balaban J connectivity index is 1.70. The summed E-state index contributed by atoms with van der Waals surface area (Å²) in [5.41, 5.74) is 6.30. The number of benzene rings is 3. The fraction of sp³-hybridized carbons (Fsp3) is 0.130. The lowest BCUT2D eigenvalue weighted by atomic mass is 10.00. The lowest BCUT2D eigenvalue weighted by molar-refractivity contribution is 1.10. The molecule has 0 spiro atoms. The van der Waals surface area contributed by atoms with Crippen LogP contribution < -0.4 is 4.90 Å². The standard InChI is InChI=1S/C23H21N/c1-17-13-15-21(16-14-17)24-22(18(2)19-9-5-3-6-10-19)23(24)20-11-7-4-8-12-20/h3-16,22-23H,2H2,1H3. The molecular formula is C23H21N.